The van der Waals surface area contributed by atoms with Gasteiger partial charge in [0.05, 0.1) is 43.5 Å². The zero-order valence-electron chi connectivity index (χ0n) is 16.5. The SMILES string of the molecule is COc1ccc(Cn2c(SCC(=O)NCC#N)nc3ccccc3c2=O)cc1OC. The Kier molecular flexibility index (Phi) is 6.93. The maximum absolute atomic E-state index is 13.2. The zero-order valence-corrected chi connectivity index (χ0v) is 17.4. The van der Waals surface area contributed by atoms with Gasteiger partial charge in [-0.05, 0) is 29.8 Å². The molecule has 0 aliphatic rings. The lowest BCUT2D eigenvalue weighted by molar-refractivity contribution is -0.118. The molecule has 1 N–H and O–H groups in total. The number of carbonyl (C=O) groups excluding carboxylic acids is 1. The van der Waals surface area contributed by atoms with Crippen molar-refractivity contribution in [1.29, 1.82) is 5.26 Å². The predicted octanol–water partition coefficient (Wildman–Crippen LogP) is 2.19. The number of nitrogens with one attached hydrogen (secondary N) is 1. The fourth-order valence-corrected chi connectivity index (χ4v) is 3.71. The molecule has 0 spiro atoms. The van der Waals surface area contributed by atoms with Crippen molar-refractivity contribution in [3.8, 4) is 17.6 Å². The molecule has 3 aromatic rings. The summed E-state index contributed by atoms with van der Waals surface area (Å²) < 4.78 is 12.1. The second kappa shape index (κ2) is 9.80. The molecular formula is C21H20N4O4S. The number of carbonyl (C=O) groups is 1. The number of hydrogen-bond donors (Lipinski definition) is 1. The molecule has 0 bridgehead atoms. The van der Waals surface area contributed by atoms with Gasteiger partial charge in [0.15, 0.2) is 16.7 Å². The Morgan fingerprint density at radius 1 is 1.20 bits per heavy atom. The van der Waals surface area contributed by atoms with Crippen LogP contribution in [-0.2, 0) is 11.3 Å². The molecule has 154 valence electrons. The predicted molar refractivity (Wildman–Crippen MR) is 114 cm³/mol. The normalized spacial score (nSPS) is 10.4. The number of fused-ring (bicyclic) bond motifs is 1. The van der Waals surface area contributed by atoms with E-state index in [-0.39, 0.29) is 30.3 Å². The van der Waals surface area contributed by atoms with Crippen molar-refractivity contribution in [3.05, 3.63) is 58.4 Å². The van der Waals surface area contributed by atoms with Gasteiger partial charge in [-0.1, -0.05) is 30.0 Å². The van der Waals surface area contributed by atoms with Crippen molar-refractivity contribution in [2.45, 2.75) is 11.7 Å². The molecule has 30 heavy (non-hydrogen) atoms. The zero-order chi connectivity index (χ0) is 21.5. The van der Waals surface area contributed by atoms with Gasteiger partial charge in [-0.15, -0.1) is 0 Å². The highest BCUT2D eigenvalue weighted by atomic mass is 32.2. The van der Waals surface area contributed by atoms with Crippen molar-refractivity contribution >= 4 is 28.6 Å². The first-order valence-electron chi connectivity index (χ1n) is 9.04. The van der Waals surface area contributed by atoms with Gasteiger partial charge in [0.25, 0.3) is 5.56 Å². The van der Waals surface area contributed by atoms with Crippen LogP contribution in [0, 0.1) is 11.3 Å². The third kappa shape index (κ3) is 4.72. The molecule has 0 aliphatic carbocycles. The van der Waals surface area contributed by atoms with Crippen LogP contribution in [0.4, 0.5) is 0 Å². The Labute approximate surface area is 177 Å². The third-order valence-electron chi connectivity index (χ3n) is 4.31. The van der Waals surface area contributed by atoms with Crippen LogP contribution in [0.1, 0.15) is 5.56 Å². The molecule has 1 aromatic heterocycles. The number of aromatic nitrogens is 2. The molecule has 0 atom stereocenters. The number of rotatable bonds is 8. The van der Waals surface area contributed by atoms with Crippen LogP contribution in [0.5, 0.6) is 11.5 Å². The van der Waals surface area contributed by atoms with E-state index in [1.165, 1.54) is 4.57 Å². The first-order chi connectivity index (χ1) is 14.6. The highest BCUT2D eigenvalue weighted by Gasteiger charge is 2.14. The van der Waals surface area contributed by atoms with Crippen molar-refractivity contribution in [1.82, 2.24) is 14.9 Å². The molecule has 3 rings (SSSR count). The average molecular weight is 424 g/mol. The summed E-state index contributed by atoms with van der Waals surface area (Å²) >= 11 is 1.15. The molecule has 0 radical (unpaired) electrons. The van der Waals surface area contributed by atoms with Crippen LogP contribution < -0.4 is 20.3 Å². The molecule has 0 saturated heterocycles. The standard InChI is InChI=1S/C21H20N4O4S/c1-28-17-8-7-14(11-18(17)29-2)12-25-20(27)15-5-3-4-6-16(15)24-21(25)30-13-19(26)23-10-9-22/h3-8,11H,10,12-13H2,1-2H3,(H,23,26). The minimum Gasteiger partial charge on any atom is -0.493 e. The van der Waals surface area contributed by atoms with Crippen molar-refractivity contribution in [2.24, 2.45) is 0 Å². The lowest BCUT2D eigenvalue weighted by Crippen LogP contribution is -2.27. The summed E-state index contributed by atoms with van der Waals surface area (Å²) in [5.74, 6) is 0.885. The first-order valence-corrected chi connectivity index (χ1v) is 10.0. The first kappa shape index (κ1) is 21.2. The van der Waals surface area contributed by atoms with Gasteiger partial charge in [-0.25, -0.2) is 4.98 Å². The van der Waals surface area contributed by atoms with E-state index in [1.807, 2.05) is 18.2 Å². The van der Waals surface area contributed by atoms with E-state index in [2.05, 4.69) is 10.3 Å². The Morgan fingerprint density at radius 3 is 2.70 bits per heavy atom. The molecule has 0 saturated carbocycles. The maximum atomic E-state index is 13.2. The van der Waals surface area contributed by atoms with Gasteiger partial charge in [-0.3, -0.25) is 14.2 Å². The van der Waals surface area contributed by atoms with Crippen molar-refractivity contribution in [3.63, 3.8) is 0 Å². The largest absolute Gasteiger partial charge is 0.493 e. The lowest BCUT2D eigenvalue weighted by Gasteiger charge is -2.14. The number of ether oxygens (including phenoxy) is 2. The van der Waals surface area contributed by atoms with E-state index in [0.717, 1.165) is 17.3 Å². The summed E-state index contributed by atoms with van der Waals surface area (Å²) in [6.45, 7) is 0.183. The van der Waals surface area contributed by atoms with Gasteiger partial charge < -0.3 is 14.8 Å². The van der Waals surface area contributed by atoms with Crippen LogP contribution in [0.3, 0.4) is 0 Å². The Balaban J connectivity index is 1.99. The van der Waals surface area contributed by atoms with Gasteiger partial charge >= 0.3 is 0 Å². The quantitative estimate of drug-likeness (QED) is 0.336. The summed E-state index contributed by atoms with van der Waals surface area (Å²) in [5, 5.41) is 12.0. The highest BCUT2D eigenvalue weighted by molar-refractivity contribution is 7.99. The van der Waals surface area contributed by atoms with E-state index in [1.54, 1.807) is 44.6 Å². The highest BCUT2D eigenvalue weighted by Crippen LogP contribution is 2.28. The fraction of sp³-hybridized carbons (Fsp3) is 0.238. The monoisotopic (exact) mass is 424 g/mol. The van der Waals surface area contributed by atoms with E-state index in [0.29, 0.717) is 27.6 Å². The number of hydrogen-bond acceptors (Lipinski definition) is 7. The fourth-order valence-electron chi connectivity index (χ4n) is 2.88. The molecule has 8 nitrogen and oxygen atoms in total. The van der Waals surface area contributed by atoms with Crippen LogP contribution >= 0.6 is 11.8 Å². The molecule has 0 fully saturated rings. The minimum absolute atomic E-state index is 0.0401. The van der Waals surface area contributed by atoms with Gasteiger partial charge in [0.1, 0.15) is 6.54 Å². The van der Waals surface area contributed by atoms with E-state index in [4.69, 9.17) is 14.7 Å². The van der Waals surface area contributed by atoms with E-state index >= 15 is 0 Å². The molecule has 0 unspecified atom stereocenters. The van der Waals surface area contributed by atoms with Crippen molar-refractivity contribution in [2.75, 3.05) is 26.5 Å². The topological polar surface area (TPSA) is 106 Å². The second-order valence-electron chi connectivity index (χ2n) is 6.22. The maximum Gasteiger partial charge on any atom is 0.262 e. The van der Waals surface area contributed by atoms with Crippen LogP contribution in [0.15, 0.2) is 52.4 Å². The number of amides is 1. The molecule has 1 heterocycles. The third-order valence-corrected chi connectivity index (χ3v) is 5.29. The smallest absolute Gasteiger partial charge is 0.262 e. The number of nitrogens with zero attached hydrogens (tertiary/aromatic N) is 3. The summed E-state index contributed by atoms with van der Waals surface area (Å²) in [6.07, 6.45) is 0. The summed E-state index contributed by atoms with van der Waals surface area (Å²) in [5.41, 5.74) is 1.18. The number of thioether (sulfide) groups is 1. The number of methoxy groups -OCH3 is 2. The number of benzene rings is 2. The number of nitriles is 1. The van der Waals surface area contributed by atoms with Crippen molar-refractivity contribution < 1.29 is 14.3 Å². The molecule has 2 aromatic carbocycles. The Morgan fingerprint density at radius 2 is 1.97 bits per heavy atom. The molecule has 0 aliphatic heterocycles. The van der Waals surface area contributed by atoms with Crippen LogP contribution in [0.2, 0.25) is 0 Å². The second-order valence-corrected chi connectivity index (χ2v) is 7.16. The summed E-state index contributed by atoms with van der Waals surface area (Å²) in [4.78, 5) is 29.7. The Bertz CT molecular complexity index is 1170. The summed E-state index contributed by atoms with van der Waals surface area (Å²) in [6, 6.07) is 14.4. The Hall–Kier alpha value is -3.51. The lowest BCUT2D eigenvalue weighted by atomic mass is 10.2. The van der Waals surface area contributed by atoms with Gasteiger partial charge in [0.2, 0.25) is 5.91 Å². The minimum atomic E-state index is -0.304. The van der Waals surface area contributed by atoms with E-state index < -0.39 is 0 Å². The summed E-state index contributed by atoms with van der Waals surface area (Å²) in [7, 11) is 3.11. The van der Waals surface area contributed by atoms with Gasteiger partial charge in [-0.2, -0.15) is 5.26 Å². The molecule has 9 heteroatoms. The van der Waals surface area contributed by atoms with Crippen LogP contribution in [-0.4, -0.2) is 42.0 Å². The van der Waals surface area contributed by atoms with Crippen LogP contribution in [0.25, 0.3) is 10.9 Å². The average Bonchev–Trinajstić information content (AvgIpc) is 2.78. The number of para-hydroxylation sites is 1. The molecule has 1 amide bonds. The van der Waals surface area contributed by atoms with Gasteiger partial charge in [0, 0.05) is 0 Å². The van der Waals surface area contributed by atoms with E-state index in [9.17, 15) is 9.59 Å². The molecular weight excluding hydrogens is 404 g/mol.